The Morgan fingerprint density at radius 2 is 1.76 bits per heavy atom. The number of carbonyl (C=O) groups is 2. The van der Waals surface area contributed by atoms with E-state index < -0.39 is 6.04 Å². The molecule has 0 bridgehead atoms. The fraction of sp³-hybridized carbons (Fsp3) is 0.600. The molecule has 0 unspecified atom stereocenters. The Balaban J connectivity index is 2.63. The molecule has 0 aromatic heterocycles. The van der Waals surface area contributed by atoms with Crippen molar-refractivity contribution in [3.63, 3.8) is 0 Å². The van der Waals surface area contributed by atoms with Gasteiger partial charge in [-0.25, -0.2) is 0 Å². The highest BCUT2D eigenvalue weighted by atomic mass is 16.5. The summed E-state index contributed by atoms with van der Waals surface area (Å²) in [5.74, 6) is -0.00910. The van der Waals surface area contributed by atoms with Crippen LogP contribution in [0.1, 0.15) is 46.1 Å². The second kappa shape index (κ2) is 11.6. The normalized spacial score (nSPS) is 13.3. The summed E-state index contributed by atoms with van der Waals surface area (Å²) in [7, 11) is 0. The topological polar surface area (TPSA) is 67.4 Å². The molecule has 5 heteroatoms. The fourth-order valence-electron chi connectivity index (χ4n) is 2.51. The summed E-state index contributed by atoms with van der Waals surface area (Å²) in [6.07, 6.45) is 1.72. The first-order valence-electron chi connectivity index (χ1n) is 9.19. The van der Waals surface area contributed by atoms with Gasteiger partial charge in [-0.3, -0.25) is 9.59 Å². The van der Waals surface area contributed by atoms with E-state index in [1.54, 1.807) is 0 Å². The smallest absolute Gasteiger partial charge is 0.242 e. The van der Waals surface area contributed by atoms with Crippen LogP contribution in [0.2, 0.25) is 0 Å². The van der Waals surface area contributed by atoms with Crippen molar-refractivity contribution >= 4 is 11.8 Å². The van der Waals surface area contributed by atoms with Crippen molar-refractivity contribution in [2.45, 2.75) is 59.0 Å². The molecule has 0 saturated carbocycles. The van der Waals surface area contributed by atoms with E-state index >= 15 is 0 Å². The van der Waals surface area contributed by atoms with Crippen LogP contribution in [0.15, 0.2) is 30.3 Å². The summed E-state index contributed by atoms with van der Waals surface area (Å²) in [6, 6.07) is 8.97. The van der Waals surface area contributed by atoms with Gasteiger partial charge < -0.3 is 15.4 Å². The number of rotatable bonds is 11. The van der Waals surface area contributed by atoms with E-state index in [2.05, 4.69) is 10.6 Å². The minimum Gasteiger partial charge on any atom is -0.380 e. The molecular weight excluding hydrogens is 316 g/mol. The van der Waals surface area contributed by atoms with Crippen molar-refractivity contribution in [2.75, 3.05) is 13.2 Å². The summed E-state index contributed by atoms with van der Waals surface area (Å²) in [4.78, 5) is 24.9. The monoisotopic (exact) mass is 348 g/mol. The number of hydrogen-bond donors (Lipinski definition) is 2. The van der Waals surface area contributed by atoms with Crippen molar-refractivity contribution in [1.82, 2.24) is 10.6 Å². The lowest BCUT2D eigenvalue weighted by Gasteiger charge is -2.25. The SMILES string of the molecule is CCC[C@H](NC(=O)Cc1ccccc1)C(=O)N[C@@H](COCC)C(C)C. The summed E-state index contributed by atoms with van der Waals surface area (Å²) in [5.41, 5.74) is 0.937. The maximum Gasteiger partial charge on any atom is 0.242 e. The van der Waals surface area contributed by atoms with Crippen LogP contribution in [0.5, 0.6) is 0 Å². The molecule has 2 amide bonds. The molecule has 0 heterocycles. The van der Waals surface area contributed by atoms with Gasteiger partial charge in [0.05, 0.1) is 19.1 Å². The molecule has 0 aliphatic heterocycles. The number of nitrogens with one attached hydrogen (secondary N) is 2. The van der Waals surface area contributed by atoms with E-state index in [4.69, 9.17) is 4.74 Å². The molecule has 1 aromatic carbocycles. The Kier molecular flexibility index (Phi) is 9.85. The number of benzene rings is 1. The van der Waals surface area contributed by atoms with E-state index in [1.807, 2.05) is 58.0 Å². The zero-order valence-corrected chi connectivity index (χ0v) is 15.9. The van der Waals surface area contributed by atoms with Crippen molar-refractivity contribution < 1.29 is 14.3 Å². The van der Waals surface area contributed by atoms with Crippen LogP contribution < -0.4 is 10.6 Å². The first-order valence-corrected chi connectivity index (χ1v) is 9.19. The highest BCUT2D eigenvalue weighted by Crippen LogP contribution is 2.06. The lowest BCUT2D eigenvalue weighted by molar-refractivity contribution is -0.129. The van der Waals surface area contributed by atoms with Gasteiger partial charge in [0, 0.05) is 6.61 Å². The quantitative estimate of drug-likeness (QED) is 0.646. The van der Waals surface area contributed by atoms with Crippen LogP contribution in [0.3, 0.4) is 0 Å². The average molecular weight is 348 g/mol. The number of ether oxygens (including phenoxy) is 1. The van der Waals surface area contributed by atoms with Gasteiger partial charge in [-0.2, -0.15) is 0 Å². The molecule has 140 valence electrons. The van der Waals surface area contributed by atoms with Crippen LogP contribution in [0, 0.1) is 5.92 Å². The summed E-state index contributed by atoms with van der Waals surface area (Å²) < 4.78 is 5.46. The Labute approximate surface area is 151 Å². The first-order chi connectivity index (χ1) is 12.0. The molecule has 1 aromatic rings. The van der Waals surface area contributed by atoms with Gasteiger partial charge in [0.1, 0.15) is 6.04 Å². The molecule has 1 rings (SSSR count). The molecule has 0 saturated heterocycles. The third-order valence-corrected chi connectivity index (χ3v) is 4.07. The predicted octanol–water partition coefficient (Wildman–Crippen LogP) is 2.69. The van der Waals surface area contributed by atoms with Crippen molar-refractivity contribution in [3.8, 4) is 0 Å². The van der Waals surface area contributed by atoms with Gasteiger partial charge in [0.2, 0.25) is 11.8 Å². The Hall–Kier alpha value is -1.88. The average Bonchev–Trinajstić information content (AvgIpc) is 2.58. The maximum absolute atomic E-state index is 12.6. The molecule has 0 fully saturated rings. The second-order valence-electron chi connectivity index (χ2n) is 6.59. The molecule has 0 spiro atoms. The lowest BCUT2D eigenvalue weighted by atomic mass is 10.0. The molecule has 0 aliphatic rings. The minimum absolute atomic E-state index is 0.0576. The predicted molar refractivity (Wildman–Crippen MR) is 100 cm³/mol. The van der Waals surface area contributed by atoms with Crippen LogP contribution in [-0.2, 0) is 20.7 Å². The number of carbonyl (C=O) groups excluding carboxylic acids is 2. The van der Waals surface area contributed by atoms with Crippen molar-refractivity contribution in [3.05, 3.63) is 35.9 Å². The van der Waals surface area contributed by atoms with E-state index in [1.165, 1.54) is 0 Å². The van der Waals surface area contributed by atoms with E-state index in [9.17, 15) is 9.59 Å². The minimum atomic E-state index is -0.510. The number of hydrogen-bond acceptors (Lipinski definition) is 3. The van der Waals surface area contributed by atoms with E-state index in [0.29, 0.717) is 19.6 Å². The zero-order valence-electron chi connectivity index (χ0n) is 15.9. The van der Waals surface area contributed by atoms with Crippen LogP contribution in [0.4, 0.5) is 0 Å². The summed E-state index contributed by atoms with van der Waals surface area (Å²) in [6.45, 7) is 9.13. The van der Waals surface area contributed by atoms with Gasteiger partial charge in [0.15, 0.2) is 0 Å². The van der Waals surface area contributed by atoms with Gasteiger partial charge in [-0.05, 0) is 24.8 Å². The summed E-state index contributed by atoms with van der Waals surface area (Å²) >= 11 is 0. The van der Waals surface area contributed by atoms with Gasteiger partial charge in [0.25, 0.3) is 0 Å². The molecule has 0 aliphatic carbocycles. The fourth-order valence-corrected chi connectivity index (χ4v) is 2.51. The van der Waals surface area contributed by atoms with E-state index in [-0.39, 0.29) is 30.2 Å². The van der Waals surface area contributed by atoms with Gasteiger partial charge in [-0.15, -0.1) is 0 Å². The molecule has 5 nitrogen and oxygen atoms in total. The van der Waals surface area contributed by atoms with Crippen LogP contribution in [0.25, 0.3) is 0 Å². The lowest BCUT2D eigenvalue weighted by Crippen LogP contribution is -2.52. The largest absolute Gasteiger partial charge is 0.380 e. The highest BCUT2D eigenvalue weighted by Gasteiger charge is 2.24. The first kappa shape index (κ1) is 21.2. The van der Waals surface area contributed by atoms with Crippen molar-refractivity contribution in [1.29, 1.82) is 0 Å². The van der Waals surface area contributed by atoms with Gasteiger partial charge in [-0.1, -0.05) is 57.5 Å². The third-order valence-electron chi connectivity index (χ3n) is 4.07. The second-order valence-corrected chi connectivity index (χ2v) is 6.59. The number of amides is 2. The highest BCUT2D eigenvalue weighted by molar-refractivity contribution is 5.88. The van der Waals surface area contributed by atoms with Crippen LogP contribution >= 0.6 is 0 Å². The summed E-state index contributed by atoms with van der Waals surface area (Å²) in [5, 5.41) is 5.90. The zero-order chi connectivity index (χ0) is 18.7. The van der Waals surface area contributed by atoms with E-state index in [0.717, 1.165) is 12.0 Å². The Morgan fingerprint density at radius 3 is 2.32 bits per heavy atom. The van der Waals surface area contributed by atoms with Crippen LogP contribution in [-0.4, -0.2) is 37.1 Å². The molecular formula is C20H32N2O3. The Morgan fingerprint density at radius 1 is 1.08 bits per heavy atom. The Bertz CT molecular complexity index is 517. The molecule has 2 N–H and O–H groups in total. The molecule has 2 atom stereocenters. The van der Waals surface area contributed by atoms with Crippen molar-refractivity contribution in [2.24, 2.45) is 5.92 Å². The molecule has 25 heavy (non-hydrogen) atoms. The standard InChI is InChI=1S/C20H32N2O3/c1-5-10-17(20(24)22-18(15(3)4)14-25-6-2)21-19(23)13-16-11-8-7-9-12-16/h7-9,11-12,15,17-18H,5-6,10,13-14H2,1-4H3,(H,21,23)(H,22,24)/t17-,18-/m0/s1. The van der Waals surface area contributed by atoms with Gasteiger partial charge >= 0.3 is 0 Å². The third kappa shape index (κ3) is 8.16. The molecule has 0 radical (unpaired) electrons. The maximum atomic E-state index is 12.6.